The average molecular weight is 86.1 g/mol. The van der Waals surface area contributed by atoms with Crippen LogP contribution in [0.25, 0.3) is 0 Å². The first-order valence-electron chi connectivity index (χ1n) is 0.707. The summed E-state index contributed by atoms with van der Waals surface area (Å²) >= 11 is 0. The van der Waals surface area contributed by atoms with Crippen molar-refractivity contribution >= 4 is 13.5 Å². The Bertz CT molecular complexity index is 6.00. The summed E-state index contributed by atoms with van der Waals surface area (Å²) in [6, 6.07) is 0. The zero-order valence-corrected chi connectivity index (χ0v) is 6.21. The minimum Gasteiger partial charge on any atom is -0.346 e. The van der Waals surface area contributed by atoms with Crippen LogP contribution in [0.4, 0.5) is 0 Å². The summed E-state index contributed by atoms with van der Waals surface area (Å²) in [4.78, 5) is 0. The fourth-order valence-electron chi connectivity index (χ4n) is 0. The molecule has 0 fully saturated rings. The normalized spacial score (nSPS) is 1.50. The van der Waals surface area contributed by atoms with Crippen molar-refractivity contribution in [1.82, 2.24) is 0 Å². The van der Waals surface area contributed by atoms with Gasteiger partial charge >= 0.3 is 29.6 Å². The molecule has 0 aliphatic rings. The second-order valence-electron chi connectivity index (χ2n) is 0. The average Bonchev–Trinajstić information content (AvgIpc) is 1.00. The summed E-state index contributed by atoms with van der Waals surface area (Å²) in [5, 5.41) is 0. The molecule has 22 valence electrons. The maximum atomic E-state index is 3.25. The van der Waals surface area contributed by atoms with Gasteiger partial charge < -0.3 is 6.92 Å². The zero-order valence-electron chi connectivity index (χ0n) is 3.21. The van der Waals surface area contributed by atoms with E-state index in [1.165, 1.54) is 0 Å². The molecule has 0 unspecified atom stereocenters. The van der Waals surface area contributed by atoms with E-state index in [1.807, 2.05) is 0 Å². The molecular formula is C2H7NaS. The Kier molecular flexibility index (Phi) is 123. The van der Waals surface area contributed by atoms with E-state index in [-0.39, 0.29) is 43.1 Å². The first-order chi connectivity index (χ1) is 1.00. The number of hydrogen-bond donors (Lipinski definition) is 0. The maximum Gasteiger partial charge on any atom is 1.00 e. The van der Waals surface area contributed by atoms with E-state index >= 15 is 0 Å². The molecule has 0 N–H and O–H groups in total. The monoisotopic (exact) mass is 86.0 g/mol. The fourth-order valence-corrected chi connectivity index (χ4v) is 0. The van der Waals surface area contributed by atoms with Gasteiger partial charge in [-0.3, -0.25) is 0 Å². The third-order valence-electron chi connectivity index (χ3n) is 0. The molecule has 0 saturated heterocycles. The predicted molar refractivity (Wildman–Crippen MR) is 21.4 cm³/mol. The van der Waals surface area contributed by atoms with Gasteiger partial charge in [0.05, 0.1) is 0 Å². The Morgan fingerprint density at radius 1 is 1.25 bits per heavy atom. The summed E-state index contributed by atoms with van der Waals surface area (Å²) in [6.45, 7) is 5.00. The summed E-state index contributed by atoms with van der Waals surface area (Å²) in [5.74, 6) is 0. The predicted octanol–water partition coefficient (Wildman–Crippen LogP) is -2.04. The molecule has 0 nitrogen and oxygen atoms in total. The van der Waals surface area contributed by atoms with Crippen LogP contribution in [0.1, 0.15) is 6.92 Å². The fraction of sp³-hybridized carbons (Fsp3) is 0.500. The maximum absolute atomic E-state index is 3.25. The van der Waals surface area contributed by atoms with Crippen LogP contribution in [0.3, 0.4) is 0 Å². The summed E-state index contributed by atoms with van der Waals surface area (Å²) in [7, 11) is 0. The van der Waals surface area contributed by atoms with E-state index in [2.05, 4.69) is 6.92 Å². The van der Waals surface area contributed by atoms with Gasteiger partial charge in [-0.2, -0.15) is 20.4 Å². The van der Waals surface area contributed by atoms with E-state index in [0.29, 0.717) is 0 Å². The van der Waals surface area contributed by atoms with Crippen LogP contribution in [0.2, 0.25) is 0 Å². The molecule has 0 amide bonds. The Hall–Kier alpha value is 1.35. The molecule has 0 aromatic rings. The van der Waals surface area contributed by atoms with Crippen molar-refractivity contribution in [2.75, 3.05) is 0 Å². The van der Waals surface area contributed by atoms with Crippen LogP contribution < -0.4 is 29.6 Å². The molecule has 0 atom stereocenters. The molecule has 2 heteroatoms. The van der Waals surface area contributed by atoms with Gasteiger partial charge in [0.1, 0.15) is 0 Å². The van der Waals surface area contributed by atoms with Gasteiger partial charge in [0.25, 0.3) is 0 Å². The van der Waals surface area contributed by atoms with E-state index in [0.717, 1.165) is 0 Å². The van der Waals surface area contributed by atoms with Crippen molar-refractivity contribution in [2.45, 2.75) is 6.92 Å². The van der Waals surface area contributed by atoms with Crippen LogP contribution in [0.15, 0.2) is 0 Å². The molecule has 0 rings (SSSR count). The molecule has 0 aromatic carbocycles. The number of rotatable bonds is 0. The van der Waals surface area contributed by atoms with E-state index in [1.54, 1.807) is 6.92 Å². The topological polar surface area (TPSA) is 0 Å². The third-order valence-corrected chi connectivity index (χ3v) is 0. The molecule has 0 saturated carbocycles. The summed E-state index contributed by atoms with van der Waals surface area (Å²) in [5.41, 5.74) is 0. The van der Waals surface area contributed by atoms with Gasteiger partial charge in [0.15, 0.2) is 0 Å². The third kappa shape index (κ3) is 10.2. The van der Waals surface area contributed by atoms with Crippen molar-refractivity contribution in [2.24, 2.45) is 0 Å². The van der Waals surface area contributed by atoms with Crippen LogP contribution >= 0.6 is 13.5 Å². The van der Waals surface area contributed by atoms with Gasteiger partial charge in [-0.25, -0.2) is 0 Å². The molecular weight excluding hydrogens is 79.1 g/mol. The number of hydrogen-bond acceptors (Lipinski definition) is 0. The summed E-state index contributed by atoms with van der Waals surface area (Å²) in [6.07, 6.45) is 0. The van der Waals surface area contributed by atoms with Crippen molar-refractivity contribution in [3.8, 4) is 0 Å². The molecule has 0 heterocycles. The van der Waals surface area contributed by atoms with Gasteiger partial charge in [0.2, 0.25) is 0 Å². The Labute approximate surface area is 56.7 Å². The SMILES string of the molecule is S.[CH2-]C.[Na+]. The van der Waals surface area contributed by atoms with Crippen LogP contribution in [-0.4, -0.2) is 0 Å². The minimum atomic E-state index is 0. The quantitative estimate of drug-likeness (QED) is 0.235. The second kappa shape index (κ2) is 26.8. The molecule has 0 aromatic heterocycles. The van der Waals surface area contributed by atoms with Crippen molar-refractivity contribution < 1.29 is 29.6 Å². The Morgan fingerprint density at radius 2 is 1.25 bits per heavy atom. The standard InChI is InChI=1S/C2H5.Na.H2S/c1-2;;/h1H2,2H3;;1H2/q-1;+1;. The van der Waals surface area contributed by atoms with Crippen molar-refractivity contribution in [3.05, 3.63) is 6.92 Å². The Balaban J connectivity index is -0.00000000500. The van der Waals surface area contributed by atoms with Crippen molar-refractivity contribution in [1.29, 1.82) is 0 Å². The molecule has 0 bridgehead atoms. The van der Waals surface area contributed by atoms with Gasteiger partial charge in [-0.15, -0.1) is 0 Å². The van der Waals surface area contributed by atoms with E-state index in [9.17, 15) is 0 Å². The first-order valence-corrected chi connectivity index (χ1v) is 0.707. The van der Waals surface area contributed by atoms with E-state index in [4.69, 9.17) is 0 Å². The first kappa shape index (κ1) is 18.3. The molecule has 0 aliphatic carbocycles. The molecule has 0 aliphatic heterocycles. The van der Waals surface area contributed by atoms with Gasteiger partial charge in [-0.1, -0.05) is 0 Å². The minimum absolute atomic E-state index is 0. The smallest absolute Gasteiger partial charge is 0.346 e. The van der Waals surface area contributed by atoms with E-state index < -0.39 is 0 Å². The van der Waals surface area contributed by atoms with Crippen LogP contribution in [0, 0.1) is 6.92 Å². The van der Waals surface area contributed by atoms with Gasteiger partial charge in [0, 0.05) is 0 Å². The van der Waals surface area contributed by atoms with Crippen molar-refractivity contribution in [3.63, 3.8) is 0 Å². The Morgan fingerprint density at radius 3 is 1.25 bits per heavy atom. The molecule has 0 radical (unpaired) electrons. The van der Waals surface area contributed by atoms with Gasteiger partial charge in [-0.05, 0) is 0 Å². The molecule has 0 spiro atoms. The molecule has 4 heavy (non-hydrogen) atoms. The largest absolute Gasteiger partial charge is 1.00 e. The summed E-state index contributed by atoms with van der Waals surface area (Å²) < 4.78 is 0. The van der Waals surface area contributed by atoms with Crippen LogP contribution in [-0.2, 0) is 0 Å². The second-order valence-corrected chi connectivity index (χ2v) is 0. The zero-order chi connectivity index (χ0) is 2.00. The van der Waals surface area contributed by atoms with Crippen LogP contribution in [0.5, 0.6) is 0 Å².